The van der Waals surface area contributed by atoms with Crippen LogP contribution in [0.2, 0.25) is 0 Å². The molecule has 35 heavy (non-hydrogen) atoms. The highest BCUT2D eigenvalue weighted by atomic mass is 16.5. The van der Waals surface area contributed by atoms with Crippen LogP contribution < -0.4 is 26.5 Å². The molecule has 5 N–H and O–H groups in total. The fraction of sp³-hybridized carbons (Fsp3) is 0.520. The number of pyridine rings is 1. The van der Waals surface area contributed by atoms with Crippen molar-refractivity contribution in [3.63, 3.8) is 0 Å². The van der Waals surface area contributed by atoms with Crippen LogP contribution in [-0.2, 0) is 9.53 Å². The van der Waals surface area contributed by atoms with Crippen molar-refractivity contribution < 1.29 is 14.6 Å². The van der Waals surface area contributed by atoms with Crippen molar-refractivity contribution in [1.29, 1.82) is 0 Å². The van der Waals surface area contributed by atoms with Gasteiger partial charge in [-0.05, 0) is 37.5 Å². The molecule has 3 atom stereocenters. The molecular weight excluding hydrogens is 446 g/mol. The number of β-amino-alcohol motifs (C(OH)–C–C–N with tert-alkyl or cyclic N) is 1. The quantitative estimate of drug-likeness (QED) is 0.389. The Morgan fingerprint density at radius 1 is 1.37 bits per heavy atom. The van der Waals surface area contributed by atoms with Crippen LogP contribution in [0.15, 0.2) is 47.6 Å². The lowest BCUT2D eigenvalue weighted by Crippen LogP contribution is -2.54. The van der Waals surface area contributed by atoms with Crippen molar-refractivity contribution in [2.75, 3.05) is 31.1 Å². The number of allylic oxidation sites excluding steroid dienone is 2. The highest BCUT2D eigenvalue weighted by Crippen LogP contribution is 2.38. The molecule has 0 saturated carbocycles. The summed E-state index contributed by atoms with van der Waals surface area (Å²) in [5.41, 5.74) is 14.3. The number of hydrogen-bond donors (Lipinski definition) is 5. The molecule has 10 nitrogen and oxygen atoms in total. The fourth-order valence-corrected chi connectivity index (χ4v) is 5.05. The molecule has 0 aliphatic carbocycles. The van der Waals surface area contributed by atoms with Crippen molar-refractivity contribution in [3.05, 3.63) is 53.2 Å². The first kappa shape index (κ1) is 23.8. The summed E-state index contributed by atoms with van der Waals surface area (Å²) in [6.07, 6.45) is 6.49. The van der Waals surface area contributed by atoms with E-state index < -0.39 is 6.10 Å². The summed E-state index contributed by atoms with van der Waals surface area (Å²) in [6, 6.07) is 3.85. The minimum atomic E-state index is -0.634. The van der Waals surface area contributed by atoms with Crippen molar-refractivity contribution in [2.45, 2.75) is 51.9 Å². The number of aliphatic hydroxyl groups is 1. The normalized spacial score (nSPS) is 25.9. The lowest BCUT2D eigenvalue weighted by Gasteiger charge is -2.37. The van der Waals surface area contributed by atoms with E-state index >= 15 is 0 Å². The number of nitrogens with one attached hydrogen (secondary N) is 4. The molecule has 2 fully saturated rings. The summed E-state index contributed by atoms with van der Waals surface area (Å²) >= 11 is 0. The minimum absolute atomic E-state index is 0.00178. The first-order valence-corrected chi connectivity index (χ1v) is 12.4. The largest absolute Gasteiger partial charge is 0.492 e. The summed E-state index contributed by atoms with van der Waals surface area (Å²) in [4.78, 5) is 19.0. The number of carbonyl (C=O) groups is 1. The third-order valence-electron chi connectivity index (χ3n) is 6.70. The Bertz CT molecular complexity index is 1050. The molecule has 5 heterocycles. The van der Waals surface area contributed by atoms with Crippen LogP contribution in [0.25, 0.3) is 5.57 Å². The van der Waals surface area contributed by atoms with Crippen LogP contribution in [0.5, 0.6) is 0 Å². The maximum atomic E-state index is 12.1. The predicted octanol–water partition coefficient (Wildman–Crippen LogP) is 0.967. The fourth-order valence-electron chi connectivity index (χ4n) is 5.05. The average molecular weight is 482 g/mol. The van der Waals surface area contributed by atoms with E-state index in [1.165, 1.54) is 5.57 Å². The second-order valence-electron chi connectivity index (χ2n) is 9.81. The van der Waals surface area contributed by atoms with Gasteiger partial charge in [0.2, 0.25) is 5.91 Å². The van der Waals surface area contributed by atoms with E-state index in [0.717, 1.165) is 41.5 Å². The molecule has 1 unspecified atom stereocenters. The second-order valence-corrected chi connectivity index (χ2v) is 9.81. The maximum absolute atomic E-state index is 12.1. The molecule has 2 saturated heterocycles. The van der Waals surface area contributed by atoms with Crippen molar-refractivity contribution >= 4 is 17.3 Å². The Morgan fingerprint density at radius 3 is 2.94 bits per heavy atom. The Morgan fingerprint density at radius 2 is 2.23 bits per heavy atom. The van der Waals surface area contributed by atoms with Gasteiger partial charge in [0.25, 0.3) is 0 Å². The van der Waals surface area contributed by atoms with Gasteiger partial charge in [-0.3, -0.25) is 15.2 Å². The minimum Gasteiger partial charge on any atom is -0.492 e. The number of carbonyl (C=O) groups excluding carboxylic acids is 1. The van der Waals surface area contributed by atoms with Gasteiger partial charge < -0.3 is 20.1 Å². The molecule has 1 aromatic rings. The van der Waals surface area contributed by atoms with E-state index in [2.05, 4.69) is 38.6 Å². The van der Waals surface area contributed by atoms with Crippen LogP contribution in [0.1, 0.15) is 39.2 Å². The lowest BCUT2D eigenvalue weighted by atomic mass is 9.97. The number of hydrogen-bond acceptors (Lipinski definition) is 9. The van der Waals surface area contributed by atoms with Gasteiger partial charge in [0.15, 0.2) is 0 Å². The van der Waals surface area contributed by atoms with Crippen LogP contribution in [0.4, 0.5) is 5.82 Å². The van der Waals surface area contributed by atoms with E-state index in [-0.39, 0.29) is 18.1 Å². The van der Waals surface area contributed by atoms with Gasteiger partial charge in [-0.25, -0.2) is 15.8 Å². The van der Waals surface area contributed by atoms with E-state index in [1.54, 1.807) is 0 Å². The smallest absolute Gasteiger partial charge is 0.220 e. The Balaban J connectivity index is 1.30. The maximum Gasteiger partial charge on any atom is 0.220 e. The standard InChI is InChI=1S/C25H35N7O3/c1-4-35-17-10-18(24-19-12-27-29-25(19)30-32(24)13-17)16-5-6-22(26-11-16)31-8-7-20(21(33)14-31)28-23(34)9-15(2)3/h5-6,10-11,13,15,20-21,25,27,29-30,33H,4,7-9,12,14H2,1-3H3,(H,28,34)/t20-,21+,25?/m0/s1. The Labute approximate surface area is 206 Å². The Hall–Kier alpha value is -2.92. The number of amides is 1. The van der Waals surface area contributed by atoms with E-state index in [9.17, 15) is 9.90 Å². The number of aromatic nitrogens is 1. The molecule has 1 aromatic heterocycles. The monoisotopic (exact) mass is 481 g/mol. The van der Waals surface area contributed by atoms with E-state index in [1.807, 2.05) is 44.2 Å². The van der Waals surface area contributed by atoms with Crippen LogP contribution in [0.3, 0.4) is 0 Å². The summed E-state index contributed by atoms with van der Waals surface area (Å²) < 4.78 is 5.81. The summed E-state index contributed by atoms with van der Waals surface area (Å²) in [5.74, 6) is 1.91. The molecule has 188 valence electrons. The lowest BCUT2D eigenvalue weighted by molar-refractivity contribution is -0.123. The molecular formula is C25H35N7O3. The van der Waals surface area contributed by atoms with Crippen molar-refractivity contribution in [2.24, 2.45) is 5.92 Å². The number of anilines is 1. The number of fused-ring (bicyclic) bond motifs is 2. The molecule has 0 bridgehead atoms. The van der Waals surface area contributed by atoms with Gasteiger partial charge in [-0.1, -0.05) is 13.8 Å². The van der Waals surface area contributed by atoms with Crippen molar-refractivity contribution in [3.8, 4) is 0 Å². The highest BCUT2D eigenvalue weighted by molar-refractivity contribution is 5.83. The molecule has 1 amide bonds. The number of nitrogens with zero attached hydrogens (tertiary/aromatic N) is 3. The number of piperidine rings is 1. The van der Waals surface area contributed by atoms with Gasteiger partial charge in [0.1, 0.15) is 17.7 Å². The second kappa shape index (κ2) is 9.98. The van der Waals surface area contributed by atoms with Crippen LogP contribution in [-0.4, -0.2) is 65.6 Å². The van der Waals surface area contributed by atoms with Gasteiger partial charge in [0.05, 0.1) is 30.6 Å². The zero-order chi connectivity index (χ0) is 24.5. The summed E-state index contributed by atoms with van der Waals surface area (Å²) in [7, 11) is 0. The third kappa shape index (κ3) is 4.92. The van der Waals surface area contributed by atoms with Gasteiger partial charge in [-0.15, -0.1) is 0 Å². The number of aliphatic hydroxyl groups excluding tert-OH is 1. The molecule has 5 rings (SSSR count). The first-order valence-electron chi connectivity index (χ1n) is 12.4. The topological polar surface area (TPSA) is 114 Å². The molecule has 0 radical (unpaired) electrons. The van der Waals surface area contributed by atoms with E-state index in [4.69, 9.17) is 9.72 Å². The van der Waals surface area contributed by atoms with Crippen LogP contribution in [0, 0.1) is 5.92 Å². The summed E-state index contributed by atoms with van der Waals surface area (Å²) in [6.45, 7) is 8.51. The predicted molar refractivity (Wildman–Crippen MR) is 133 cm³/mol. The van der Waals surface area contributed by atoms with Gasteiger partial charge in [0, 0.05) is 49.0 Å². The summed E-state index contributed by atoms with van der Waals surface area (Å²) in [5, 5.41) is 15.7. The Kier molecular flexibility index (Phi) is 6.79. The molecule has 4 aliphatic rings. The number of hydrazine groups is 2. The molecule has 0 spiro atoms. The average Bonchev–Trinajstić information content (AvgIpc) is 3.41. The van der Waals surface area contributed by atoms with Gasteiger partial charge >= 0.3 is 0 Å². The SMILES string of the molecule is CCOC1=CN2NC3NNCC3=C2C(c2ccc(N3CC[C@H](NC(=O)CC(C)C)[C@H](O)C3)nc2)=C1. The third-order valence-corrected chi connectivity index (χ3v) is 6.70. The number of ether oxygens (including phenoxy) is 1. The highest BCUT2D eigenvalue weighted by Gasteiger charge is 2.37. The zero-order valence-corrected chi connectivity index (χ0v) is 20.5. The van der Waals surface area contributed by atoms with Crippen LogP contribution >= 0.6 is 0 Å². The van der Waals surface area contributed by atoms with Crippen molar-refractivity contribution in [1.82, 2.24) is 31.6 Å². The molecule has 0 aromatic carbocycles. The molecule has 4 aliphatic heterocycles. The van der Waals surface area contributed by atoms with Gasteiger partial charge in [-0.2, -0.15) is 0 Å². The van der Waals surface area contributed by atoms with E-state index in [0.29, 0.717) is 31.9 Å². The number of rotatable bonds is 7. The first-order chi connectivity index (χ1) is 16.9. The zero-order valence-electron chi connectivity index (χ0n) is 20.5. The molecule has 10 heteroatoms.